The first-order chi connectivity index (χ1) is 12.6. The highest BCUT2D eigenvalue weighted by molar-refractivity contribution is 7.99. The summed E-state index contributed by atoms with van der Waals surface area (Å²) in [6.45, 7) is 2.07. The molecule has 0 unspecified atom stereocenters. The molecule has 0 aliphatic carbocycles. The summed E-state index contributed by atoms with van der Waals surface area (Å²) in [6.07, 6.45) is 0. The Hall–Kier alpha value is -2.25. The molecule has 5 nitrogen and oxygen atoms in total. The van der Waals surface area contributed by atoms with Gasteiger partial charge < -0.3 is 14.0 Å². The molecule has 0 aliphatic heterocycles. The Bertz CT molecular complexity index is 1020. The number of methoxy groups -OCH3 is 2. The van der Waals surface area contributed by atoms with Crippen molar-refractivity contribution in [2.24, 2.45) is 12.0 Å². The van der Waals surface area contributed by atoms with Crippen LogP contribution in [0.5, 0.6) is 11.5 Å². The third-order valence-electron chi connectivity index (χ3n) is 3.93. The van der Waals surface area contributed by atoms with Crippen molar-refractivity contribution in [1.29, 1.82) is 0 Å². The van der Waals surface area contributed by atoms with Gasteiger partial charge in [0.25, 0.3) is 5.91 Å². The molecule has 1 aromatic heterocycles. The lowest BCUT2D eigenvalue weighted by Crippen LogP contribution is -2.13. The van der Waals surface area contributed by atoms with Gasteiger partial charge in [-0.2, -0.15) is 4.99 Å². The molecular formula is C19H20N2O3S2. The topological polar surface area (TPSA) is 52.8 Å². The first-order valence-electron chi connectivity index (χ1n) is 8.11. The van der Waals surface area contributed by atoms with Gasteiger partial charge in [0.2, 0.25) is 0 Å². The number of ether oxygens (including phenoxy) is 2. The van der Waals surface area contributed by atoms with Crippen LogP contribution in [0.1, 0.15) is 17.3 Å². The van der Waals surface area contributed by atoms with E-state index in [0.717, 1.165) is 20.9 Å². The Morgan fingerprint density at radius 3 is 2.58 bits per heavy atom. The van der Waals surface area contributed by atoms with Crippen LogP contribution in [0.15, 0.2) is 46.3 Å². The highest BCUT2D eigenvalue weighted by atomic mass is 32.2. The van der Waals surface area contributed by atoms with Gasteiger partial charge in [-0.15, -0.1) is 11.8 Å². The van der Waals surface area contributed by atoms with E-state index in [1.54, 1.807) is 26.0 Å². The molecule has 2 aromatic carbocycles. The van der Waals surface area contributed by atoms with Gasteiger partial charge in [0.15, 0.2) is 16.3 Å². The van der Waals surface area contributed by atoms with Gasteiger partial charge in [0.05, 0.1) is 30.0 Å². The SMILES string of the molecule is CCSc1ccccc1C(=O)N=c1sc2cc(OC)c(OC)cc2n1C. The van der Waals surface area contributed by atoms with E-state index in [2.05, 4.69) is 11.9 Å². The van der Waals surface area contributed by atoms with Gasteiger partial charge in [0.1, 0.15) is 0 Å². The molecule has 3 rings (SSSR count). The summed E-state index contributed by atoms with van der Waals surface area (Å²) in [5.74, 6) is 1.98. The van der Waals surface area contributed by atoms with Gasteiger partial charge in [-0.05, 0) is 17.9 Å². The van der Waals surface area contributed by atoms with Gasteiger partial charge in [-0.3, -0.25) is 4.79 Å². The first-order valence-corrected chi connectivity index (χ1v) is 9.91. The zero-order valence-electron chi connectivity index (χ0n) is 15.1. The lowest BCUT2D eigenvalue weighted by atomic mass is 10.2. The van der Waals surface area contributed by atoms with Crippen molar-refractivity contribution in [3.8, 4) is 11.5 Å². The molecule has 0 bridgehead atoms. The van der Waals surface area contributed by atoms with Crippen molar-refractivity contribution in [3.63, 3.8) is 0 Å². The molecule has 1 heterocycles. The second-order valence-corrected chi connectivity index (χ2v) is 7.78. The standard InChI is InChI=1S/C19H20N2O3S2/c1-5-25-16-9-7-6-8-12(16)18(22)20-19-21(2)13-10-14(23-3)15(24-4)11-17(13)26-19/h6-11H,5H2,1-4H3. The van der Waals surface area contributed by atoms with E-state index >= 15 is 0 Å². The summed E-state index contributed by atoms with van der Waals surface area (Å²) in [6, 6.07) is 11.4. The number of nitrogens with zero attached hydrogens (tertiary/aromatic N) is 2. The number of thiazole rings is 1. The highest BCUT2D eigenvalue weighted by Gasteiger charge is 2.13. The average Bonchev–Trinajstić information content (AvgIpc) is 2.96. The number of benzene rings is 2. The molecule has 0 saturated heterocycles. The molecule has 0 saturated carbocycles. The maximum atomic E-state index is 12.7. The summed E-state index contributed by atoms with van der Waals surface area (Å²) in [7, 11) is 5.10. The summed E-state index contributed by atoms with van der Waals surface area (Å²) < 4.78 is 13.6. The minimum absolute atomic E-state index is 0.234. The van der Waals surface area contributed by atoms with Crippen molar-refractivity contribution < 1.29 is 14.3 Å². The molecule has 0 N–H and O–H groups in total. The number of thioether (sulfide) groups is 1. The van der Waals surface area contributed by atoms with E-state index in [0.29, 0.717) is 21.9 Å². The summed E-state index contributed by atoms with van der Waals surface area (Å²) in [5.41, 5.74) is 1.57. The molecule has 0 spiro atoms. The summed E-state index contributed by atoms with van der Waals surface area (Å²) >= 11 is 3.09. The second kappa shape index (κ2) is 7.97. The van der Waals surface area contributed by atoms with Crippen LogP contribution in [0.3, 0.4) is 0 Å². The largest absolute Gasteiger partial charge is 0.493 e. The lowest BCUT2D eigenvalue weighted by Gasteiger charge is -2.07. The van der Waals surface area contributed by atoms with Crippen LogP contribution in [0.2, 0.25) is 0 Å². The molecule has 0 aliphatic rings. The molecule has 7 heteroatoms. The minimum atomic E-state index is -0.234. The normalized spacial score (nSPS) is 11.8. The maximum absolute atomic E-state index is 12.7. The fourth-order valence-electron chi connectivity index (χ4n) is 2.63. The lowest BCUT2D eigenvalue weighted by molar-refractivity contribution is 0.0995. The molecule has 0 radical (unpaired) electrons. The maximum Gasteiger partial charge on any atom is 0.280 e. The van der Waals surface area contributed by atoms with Crippen molar-refractivity contribution in [2.75, 3.05) is 20.0 Å². The van der Waals surface area contributed by atoms with E-state index in [9.17, 15) is 4.79 Å². The monoisotopic (exact) mass is 388 g/mol. The van der Waals surface area contributed by atoms with Crippen LogP contribution in [-0.2, 0) is 7.05 Å². The number of amides is 1. The Morgan fingerprint density at radius 1 is 1.19 bits per heavy atom. The fraction of sp³-hybridized carbons (Fsp3) is 0.263. The Kier molecular flexibility index (Phi) is 5.68. The van der Waals surface area contributed by atoms with Crippen molar-refractivity contribution >= 4 is 39.2 Å². The Balaban J connectivity index is 2.10. The minimum Gasteiger partial charge on any atom is -0.493 e. The predicted octanol–water partition coefficient (Wildman–Crippen LogP) is 4.11. The van der Waals surface area contributed by atoms with E-state index < -0.39 is 0 Å². The molecular weight excluding hydrogens is 368 g/mol. The molecule has 26 heavy (non-hydrogen) atoms. The van der Waals surface area contributed by atoms with Crippen LogP contribution in [0.4, 0.5) is 0 Å². The van der Waals surface area contributed by atoms with E-state index in [1.807, 2.05) is 48.0 Å². The quantitative estimate of drug-likeness (QED) is 0.617. The third-order valence-corrected chi connectivity index (χ3v) is 5.98. The van der Waals surface area contributed by atoms with Crippen molar-refractivity contribution in [3.05, 3.63) is 46.8 Å². The fourth-order valence-corrected chi connectivity index (χ4v) is 4.46. The van der Waals surface area contributed by atoms with Gasteiger partial charge >= 0.3 is 0 Å². The average molecular weight is 389 g/mol. The number of carbonyl (C=O) groups excluding carboxylic acids is 1. The van der Waals surface area contributed by atoms with Gasteiger partial charge in [-0.1, -0.05) is 30.4 Å². The van der Waals surface area contributed by atoms with E-state index in [1.165, 1.54) is 11.3 Å². The molecule has 136 valence electrons. The van der Waals surface area contributed by atoms with Crippen LogP contribution in [0.25, 0.3) is 10.2 Å². The number of aromatic nitrogens is 1. The number of carbonyl (C=O) groups is 1. The Morgan fingerprint density at radius 2 is 1.88 bits per heavy atom. The predicted molar refractivity (Wildman–Crippen MR) is 107 cm³/mol. The first kappa shape index (κ1) is 18.5. The number of hydrogen-bond donors (Lipinski definition) is 0. The molecule has 1 amide bonds. The van der Waals surface area contributed by atoms with Gasteiger partial charge in [0, 0.05) is 24.1 Å². The van der Waals surface area contributed by atoms with Crippen LogP contribution >= 0.6 is 23.1 Å². The Labute approximate surface area is 160 Å². The number of fused-ring (bicyclic) bond motifs is 1. The van der Waals surface area contributed by atoms with E-state index in [4.69, 9.17) is 9.47 Å². The molecule has 0 atom stereocenters. The summed E-state index contributed by atoms with van der Waals surface area (Å²) in [5, 5.41) is 0. The second-order valence-electron chi connectivity index (χ2n) is 5.46. The number of aryl methyl sites for hydroxylation is 1. The zero-order valence-corrected chi connectivity index (χ0v) is 16.7. The zero-order chi connectivity index (χ0) is 18.7. The van der Waals surface area contributed by atoms with Crippen LogP contribution in [-0.4, -0.2) is 30.4 Å². The third kappa shape index (κ3) is 3.50. The molecule has 3 aromatic rings. The number of rotatable bonds is 5. The highest BCUT2D eigenvalue weighted by Crippen LogP contribution is 2.33. The molecule has 0 fully saturated rings. The van der Waals surface area contributed by atoms with Crippen molar-refractivity contribution in [2.45, 2.75) is 11.8 Å². The number of hydrogen-bond acceptors (Lipinski definition) is 5. The van der Waals surface area contributed by atoms with Gasteiger partial charge in [-0.25, -0.2) is 0 Å². The smallest absolute Gasteiger partial charge is 0.280 e. The van der Waals surface area contributed by atoms with Crippen molar-refractivity contribution in [1.82, 2.24) is 4.57 Å². The summed E-state index contributed by atoms with van der Waals surface area (Å²) in [4.78, 5) is 18.7. The van der Waals surface area contributed by atoms with Crippen LogP contribution in [0, 0.1) is 0 Å². The van der Waals surface area contributed by atoms with Crippen LogP contribution < -0.4 is 14.3 Å². The van der Waals surface area contributed by atoms with E-state index in [-0.39, 0.29) is 5.91 Å².